The lowest BCUT2D eigenvalue weighted by molar-refractivity contribution is -0.119. The molecule has 0 aliphatic heterocycles. The third kappa shape index (κ3) is 4.55. The second-order valence-electron chi connectivity index (χ2n) is 4.08. The topological polar surface area (TPSA) is 53.9 Å². The lowest BCUT2D eigenvalue weighted by Crippen LogP contribution is -2.18. The summed E-state index contributed by atoms with van der Waals surface area (Å²) in [5, 5.41) is 2.72. The molecule has 0 radical (unpaired) electrons. The molecular weight excluding hydrogens is 230 g/mol. The smallest absolute Gasteiger partial charge is 0.250 e. The number of rotatable bonds is 4. The Bertz CT molecular complexity index is 424. The number of carbonyl (C=O) groups is 1. The van der Waals surface area contributed by atoms with Gasteiger partial charge in [0.05, 0.1) is 5.69 Å². The van der Waals surface area contributed by atoms with Crippen LogP contribution in [0, 0.1) is 0 Å². The highest BCUT2D eigenvalue weighted by Crippen LogP contribution is 2.16. The van der Waals surface area contributed by atoms with E-state index in [-0.39, 0.29) is 12.5 Å². The average molecular weight is 249 g/mol. The van der Waals surface area contributed by atoms with Gasteiger partial charge in [0.2, 0.25) is 5.91 Å². The molecule has 0 spiro atoms. The zero-order valence-electron chi connectivity index (χ0n) is 11.2. The summed E-state index contributed by atoms with van der Waals surface area (Å²) in [4.78, 5) is 17.7. The highest BCUT2D eigenvalue weighted by Gasteiger charge is 2.01. The summed E-state index contributed by atoms with van der Waals surface area (Å²) in [5.41, 5.74) is 1.59. The van der Waals surface area contributed by atoms with E-state index in [0.29, 0.717) is 0 Å². The summed E-state index contributed by atoms with van der Waals surface area (Å²) in [5.74, 6) is 0.754. The fourth-order valence-corrected chi connectivity index (χ4v) is 1.23. The highest BCUT2D eigenvalue weighted by atomic mass is 16.5. The van der Waals surface area contributed by atoms with E-state index in [1.165, 1.54) is 7.11 Å². The van der Waals surface area contributed by atoms with Crippen molar-refractivity contribution in [3.8, 4) is 0 Å². The lowest BCUT2D eigenvalue weighted by Gasteiger charge is -2.11. The summed E-state index contributed by atoms with van der Waals surface area (Å²) < 4.78 is 4.74. The number of carbonyl (C=O) groups excluding carboxylic acids is 1. The van der Waals surface area contributed by atoms with E-state index in [0.717, 1.165) is 17.2 Å². The highest BCUT2D eigenvalue weighted by molar-refractivity contribution is 5.91. The second-order valence-corrected chi connectivity index (χ2v) is 4.08. The molecule has 5 nitrogen and oxygen atoms in total. The van der Waals surface area contributed by atoms with E-state index < -0.39 is 0 Å². The van der Waals surface area contributed by atoms with Gasteiger partial charge in [-0.15, -0.1) is 0 Å². The predicted octanol–water partition coefficient (Wildman–Crippen LogP) is 1.88. The van der Waals surface area contributed by atoms with Crippen LogP contribution >= 0.6 is 0 Å². The van der Waals surface area contributed by atoms with Crippen LogP contribution in [0.1, 0.15) is 6.92 Å². The molecular formula is C13H19N3O2. The monoisotopic (exact) mass is 249 g/mol. The van der Waals surface area contributed by atoms with Gasteiger partial charge in [-0.3, -0.25) is 4.79 Å². The SMILES string of the molecule is COCC(=O)Nc1ccc(/N=C(\C)N(C)C)cc1. The molecule has 0 heterocycles. The van der Waals surface area contributed by atoms with Gasteiger partial charge in [0.25, 0.3) is 0 Å². The summed E-state index contributed by atoms with van der Waals surface area (Å²) in [6, 6.07) is 7.34. The van der Waals surface area contributed by atoms with Crippen molar-refractivity contribution in [2.24, 2.45) is 4.99 Å². The van der Waals surface area contributed by atoms with Crippen LogP contribution in [0.3, 0.4) is 0 Å². The van der Waals surface area contributed by atoms with E-state index in [4.69, 9.17) is 4.74 Å². The first kappa shape index (κ1) is 14.2. The van der Waals surface area contributed by atoms with Crippen molar-refractivity contribution < 1.29 is 9.53 Å². The summed E-state index contributed by atoms with van der Waals surface area (Å²) >= 11 is 0. The molecule has 0 aliphatic carbocycles. The first-order valence-corrected chi connectivity index (χ1v) is 5.64. The van der Waals surface area contributed by atoms with Crippen molar-refractivity contribution in [1.82, 2.24) is 4.90 Å². The zero-order valence-corrected chi connectivity index (χ0v) is 11.2. The Morgan fingerprint density at radius 2 is 1.94 bits per heavy atom. The molecule has 98 valence electrons. The number of anilines is 1. The quantitative estimate of drug-likeness (QED) is 0.655. The first-order chi connectivity index (χ1) is 8.52. The number of benzene rings is 1. The Labute approximate surface area is 107 Å². The Kier molecular flexibility index (Phi) is 5.32. The fourth-order valence-electron chi connectivity index (χ4n) is 1.23. The van der Waals surface area contributed by atoms with Gasteiger partial charge in [-0.2, -0.15) is 0 Å². The minimum absolute atomic E-state index is 0.0552. The standard InChI is InChI=1S/C13H19N3O2/c1-10(16(2)3)14-11-5-7-12(8-6-11)15-13(17)9-18-4/h5-8H,9H2,1-4H3,(H,15,17)/b14-10+. The maximum absolute atomic E-state index is 11.3. The maximum Gasteiger partial charge on any atom is 0.250 e. The molecule has 0 saturated carbocycles. The van der Waals surface area contributed by atoms with Gasteiger partial charge >= 0.3 is 0 Å². The molecule has 0 fully saturated rings. The van der Waals surface area contributed by atoms with Crippen molar-refractivity contribution in [3.63, 3.8) is 0 Å². The van der Waals surface area contributed by atoms with Gasteiger partial charge in [0, 0.05) is 26.9 Å². The Hall–Kier alpha value is -1.88. The normalized spacial score (nSPS) is 11.2. The number of methoxy groups -OCH3 is 1. The van der Waals surface area contributed by atoms with Crippen molar-refractivity contribution in [1.29, 1.82) is 0 Å². The van der Waals surface area contributed by atoms with Crippen LogP contribution in [-0.4, -0.2) is 44.5 Å². The summed E-state index contributed by atoms with van der Waals surface area (Å²) in [6.07, 6.45) is 0. The third-order valence-corrected chi connectivity index (χ3v) is 2.36. The Morgan fingerprint density at radius 3 is 2.44 bits per heavy atom. The number of amidine groups is 1. The molecule has 0 saturated heterocycles. The molecule has 0 aliphatic rings. The number of hydrogen-bond donors (Lipinski definition) is 1. The molecule has 0 atom stereocenters. The molecule has 1 amide bonds. The van der Waals surface area contributed by atoms with E-state index in [1.54, 1.807) is 0 Å². The maximum atomic E-state index is 11.3. The van der Waals surface area contributed by atoms with E-state index in [2.05, 4.69) is 10.3 Å². The van der Waals surface area contributed by atoms with Gasteiger partial charge in [-0.05, 0) is 31.2 Å². The van der Waals surface area contributed by atoms with Crippen LogP contribution < -0.4 is 5.32 Å². The van der Waals surface area contributed by atoms with Gasteiger partial charge in [0.15, 0.2) is 0 Å². The second kappa shape index (κ2) is 6.76. The van der Waals surface area contributed by atoms with Crippen LogP contribution in [0.15, 0.2) is 29.3 Å². The molecule has 1 rings (SSSR count). The average Bonchev–Trinajstić information content (AvgIpc) is 2.31. The lowest BCUT2D eigenvalue weighted by atomic mass is 10.3. The predicted molar refractivity (Wildman–Crippen MR) is 73.4 cm³/mol. The van der Waals surface area contributed by atoms with Crippen molar-refractivity contribution in [3.05, 3.63) is 24.3 Å². The van der Waals surface area contributed by atoms with Gasteiger partial charge in [-0.1, -0.05) is 0 Å². The number of amides is 1. The van der Waals surface area contributed by atoms with Crippen LogP contribution in [0.5, 0.6) is 0 Å². The van der Waals surface area contributed by atoms with Crippen molar-refractivity contribution in [2.45, 2.75) is 6.92 Å². The molecule has 5 heteroatoms. The number of nitrogens with zero attached hydrogens (tertiary/aromatic N) is 2. The number of hydrogen-bond acceptors (Lipinski definition) is 3. The number of ether oxygens (including phenoxy) is 1. The summed E-state index contributed by atoms with van der Waals surface area (Å²) in [7, 11) is 5.37. The van der Waals surface area contributed by atoms with E-state index in [1.807, 2.05) is 50.2 Å². The first-order valence-electron chi connectivity index (χ1n) is 5.64. The number of aliphatic imine (C=N–C) groups is 1. The van der Waals surface area contributed by atoms with Crippen molar-refractivity contribution >= 4 is 23.1 Å². The molecule has 18 heavy (non-hydrogen) atoms. The van der Waals surface area contributed by atoms with Crippen LogP contribution in [-0.2, 0) is 9.53 Å². The minimum Gasteiger partial charge on any atom is -0.375 e. The summed E-state index contributed by atoms with van der Waals surface area (Å²) in [6.45, 7) is 1.99. The molecule has 0 aromatic heterocycles. The van der Waals surface area contributed by atoms with Gasteiger partial charge in [-0.25, -0.2) is 4.99 Å². The molecule has 0 unspecified atom stereocenters. The van der Waals surface area contributed by atoms with Crippen LogP contribution in [0.4, 0.5) is 11.4 Å². The minimum atomic E-state index is -0.168. The van der Waals surface area contributed by atoms with E-state index >= 15 is 0 Å². The van der Waals surface area contributed by atoms with E-state index in [9.17, 15) is 4.79 Å². The van der Waals surface area contributed by atoms with Gasteiger partial charge < -0.3 is 15.0 Å². The van der Waals surface area contributed by atoms with Crippen molar-refractivity contribution in [2.75, 3.05) is 33.1 Å². The van der Waals surface area contributed by atoms with Crippen LogP contribution in [0.25, 0.3) is 0 Å². The zero-order chi connectivity index (χ0) is 13.5. The van der Waals surface area contributed by atoms with Gasteiger partial charge in [0.1, 0.15) is 12.4 Å². The third-order valence-electron chi connectivity index (χ3n) is 2.36. The Balaban J connectivity index is 2.68. The largest absolute Gasteiger partial charge is 0.375 e. The molecule has 1 aromatic carbocycles. The molecule has 1 aromatic rings. The molecule has 1 N–H and O–H groups in total. The fraction of sp³-hybridized carbons (Fsp3) is 0.385. The molecule has 0 bridgehead atoms. The Morgan fingerprint density at radius 1 is 1.33 bits per heavy atom. The number of nitrogens with one attached hydrogen (secondary N) is 1. The van der Waals surface area contributed by atoms with Crippen LogP contribution in [0.2, 0.25) is 0 Å².